The SMILES string of the molecule is CCCN1CC[C@@H](CNC2CCN(c3ccc4c(c3)OCO4)CC2)C1. The summed E-state index contributed by atoms with van der Waals surface area (Å²) in [4.78, 5) is 5.09. The van der Waals surface area contributed by atoms with Gasteiger partial charge in [0.05, 0.1) is 0 Å². The number of hydrogen-bond acceptors (Lipinski definition) is 5. The molecule has 2 fully saturated rings. The van der Waals surface area contributed by atoms with Gasteiger partial charge < -0.3 is 24.6 Å². The van der Waals surface area contributed by atoms with Crippen molar-refractivity contribution in [3.63, 3.8) is 0 Å². The molecule has 1 aromatic rings. The molecule has 5 heteroatoms. The minimum Gasteiger partial charge on any atom is -0.454 e. The summed E-state index contributed by atoms with van der Waals surface area (Å²) < 4.78 is 10.9. The van der Waals surface area contributed by atoms with Crippen LogP contribution in [0.5, 0.6) is 11.5 Å². The fourth-order valence-corrected chi connectivity index (χ4v) is 4.36. The molecular formula is C20H31N3O2. The molecule has 3 aliphatic rings. The van der Waals surface area contributed by atoms with Crippen LogP contribution in [0.25, 0.3) is 0 Å². The van der Waals surface area contributed by atoms with E-state index in [1.165, 1.54) is 57.5 Å². The highest BCUT2D eigenvalue weighted by Crippen LogP contribution is 2.36. The molecule has 0 unspecified atom stereocenters. The molecule has 0 bridgehead atoms. The first kappa shape index (κ1) is 17.0. The molecule has 4 rings (SSSR count). The van der Waals surface area contributed by atoms with Gasteiger partial charge in [-0.2, -0.15) is 0 Å². The van der Waals surface area contributed by atoms with Gasteiger partial charge in [-0.3, -0.25) is 0 Å². The lowest BCUT2D eigenvalue weighted by Gasteiger charge is -2.34. The third kappa shape index (κ3) is 4.04. The average Bonchev–Trinajstić information content (AvgIpc) is 3.29. The van der Waals surface area contributed by atoms with Crippen molar-refractivity contribution in [3.8, 4) is 11.5 Å². The normalized spacial score (nSPS) is 24.2. The summed E-state index contributed by atoms with van der Waals surface area (Å²) in [6.45, 7) is 9.90. The highest BCUT2D eigenvalue weighted by atomic mass is 16.7. The smallest absolute Gasteiger partial charge is 0.231 e. The average molecular weight is 345 g/mol. The number of nitrogens with zero attached hydrogens (tertiary/aromatic N) is 2. The topological polar surface area (TPSA) is 37.0 Å². The first-order chi connectivity index (χ1) is 12.3. The molecule has 3 aliphatic heterocycles. The minimum atomic E-state index is 0.349. The Kier molecular flexibility index (Phi) is 5.32. The van der Waals surface area contributed by atoms with Gasteiger partial charge in [0, 0.05) is 37.4 Å². The summed E-state index contributed by atoms with van der Waals surface area (Å²) >= 11 is 0. The van der Waals surface area contributed by atoms with Crippen molar-refractivity contribution in [3.05, 3.63) is 18.2 Å². The quantitative estimate of drug-likeness (QED) is 0.858. The van der Waals surface area contributed by atoms with Crippen LogP contribution in [-0.2, 0) is 0 Å². The molecule has 5 nitrogen and oxygen atoms in total. The molecule has 0 radical (unpaired) electrons. The van der Waals surface area contributed by atoms with E-state index >= 15 is 0 Å². The zero-order valence-electron chi connectivity index (χ0n) is 15.4. The van der Waals surface area contributed by atoms with Crippen molar-refractivity contribution in [1.29, 1.82) is 0 Å². The zero-order chi connectivity index (χ0) is 17.1. The van der Waals surface area contributed by atoms with Crippen molar-refractivity contribution >= 4 is 5.69 Å². The van der Waals surface area contributed by atoms with Crippen LogP contribution in [0.2, 0.25) is 0 Å². The number of nitrogens with one attached hydrogen (secondary N) is 1. The van der Waals surface area contributed by atoms with Gasteiger partial charge in [-0.1, -0.05) is 6.92 Å². The van der Waals surface area contributed by atoms with E-state index in [1.807, 2.05) is 6.07 Å². The van der Waals surface area contributed by atoms with E-state index in [2.05, 4.69) is 34.2 Å². The number of hydrogen-bond donors (Lipinski definition) is 1. The molecule has 0 spiro atoms. The van der Waals surface area contributed by atoms with Crippen LogP contribution < -0.4 is 19.7 Å². The minimum absolute atomic E-state index is 0.349. The van der Waals surface area contributed by atoms with Gasteiger partial charge in [0.1, 0.15) is 0 Å². The standard InChI is InChI=1S/C20H31N3O2/c1-2-8-22-9-5-16(14-22)13-21-17-6-10-23(11-7-17)18-3-4-19-20(12-18)25-15-24-19/h3-4,12,16-17,21H,2,5-11,13-15H2,1H3/t16-/m0/s1. The maximum atomic E-state index is 5.51. The third-order valence-corrected chi connectivity index (χ3v) is 5.82. The van der Waals surface area contributed by atoms with Crippen molar-refractivity contribution in [2.24, 2.45) is 5.92 Å². The van der Waals surface area contributed by atoms with Crippen LogP contribution in [0.15, 0.2) is 18.2 Å². The Morgan fingerprint density at radius 3 is 2.76 bits per heavy atom. The van der Waals surface area contributed by atoms with Gasteiger partial charge in [-0.05, 0) is 63.4 Å². The number of likely N-dealkylation sites (tertiary alicyclic amines) is 1. The van der Waals surface area contributed by atoms with Crippen LogP contribution in [0.1, 0.15) is 32.6 Å². The largest absolute Gasteiger partial charge is 0.454 e. The highest BCUT2D eigenvalue weighted by Gasteiger charge is 2.25. The van der Waals surface area contributed by atoms with E-state index < -0.39 is 0 Å². The summed E-state index contributed by atoms with van der Waals surface area (Å²) in [5, 5.41) is 3.84. The van der Waals surface area contributed by atoms with E-state index in [1.54, 1.807) is 0 Å². The molecule has 0 aliphatic carbocycles. The fraction of sp³-hybridized carbons (Fsp3) is 0.700. The Labute approximate surface area is 151 Å². The van der Waals surface area contributed by atoms with E-state index in [9.17, 15) is 0 Å². The monoisotopic (exact) mass is 345 g/mol. The summed E-state index contributed by atoms with van der Waals surface area (Å²) in [6, 6.07) is 6.98. The molecule has 138 valence electrons. The number of rotatable bonds is 6. The second kappa shape index (κ2) is 7.83. The predicted molar refractivity (Wildman–Crippen MR) is 101 cm³/mol. The van der Waals surface area contributed by atoms with E-state index in [-0.39, 0.29) is 0 Å². The van der Waals surface area contributed by atoms with Gasteiger partial charge >= 0.3 is 0 Å². The van der Waals surface area contributed by atoms with Gasteiger partial charge in [0.25, 0.3) is 0 Å². The van der Waals surface area contributed by atoms with Crippen LogP contribution in [-0.4, -0.2) is 57.0 Å². The van der Waals surface area contributed by atoms with Gasteiger partial charge in [-0.25, -0.2) is 0 Å². The van der Waals surface area contributed by atoms with E-state index in [4.69, 9.17) is 9.47 Å². The van der Waals surface area contributed by atoms with Crippen LogP contribution >= 0.6 is 0 Å². The molecule has 3 heterocycles. The van der Waals surface area contributed by atoms with Crippen molar-refractivity contribution in [2.75, 3.05) is 51.0 Å². The molecule has 1 aromatic carbocycles. The number of ether oxygens (including phenoxy) is 2. The Bertz CT molecular complexity index is 572. The molecule has 0 saturated carbocycles. The maximum Gasteiger partial charge on any atom is 0.231 e. The fourth-order valence-electron chi connectivity index (χ4n) is 4.36. The Hall–Kier alpha value is -1.46. The number of piperidine rings is 1. The molecule has 1 atom stereocenters. The Morgan fingerprint density at radius 1 is 1.08 bits per heavy atom. The summed E-state index contributed by atoms with van der Waals surface area (Å²) in [6.07, 6.45) is 5.08. The highest BCUT2D eigenvalue weighted by molar-refractivity contribution is 5.57. The zero-order valence-corrected chi connectivity index (χ0v) is 15.4. The van der Waals surface area contributed by atoms with Crippen molar-refractivity contribution in [1.82, 2.24) is 10.2 Å². The van der Waals surface area contributed by atoms with Gasteiger partial charge in [0.2, 0.25) is 6.79 Å². The maximum absolute atomic E-state index is 5.51. The lowest BCUT2D eigenvalue weighted by atomic mass is 10.0. The third-order valence-electron chi connectivity index (χ3n) is 5.82. The molecule has 0 amide bonds. The predicted octanol–water partition coefficient (Wildman–Crippen LogP) is 2.71. The lowest BCUT2D eigenvalue weighted by molar-refractivity contribution is 0.174. The van der Waals surface area contributed by atoms with Crippen LogP contribution in [0.3, 0.4) is 0 Å². The summed E-state index contributed by atoms with van der Waals surface area (Å²) in [5.74, 6) is 2.60. The molecule has 2 saturated heterocycles. The number of anilines is 1. The van der Waals surface area contributed by atoms with Gasteiger partial charge in [-0.15, -0.1) is 0 Å². The molecular weight excluding hydrogens is 314 g/mol. The molecule has 0 aromatic heterocycles. The van der Waals surface area contributed by atoms with Crippen molar-refractivity contribution in [2.45, 2.75) is 38.6 Å². The van der Waals surface area contributed by atoms with Crippen LogP contribution in [0, 0.1) is 5.92 Å². The van der Waals surface area contributed by atoms with E-state index in [0.29, 0.717) is 12.8 Å². The summed E-state index contributed by atoms with van der Waals surface area (Å²) in [7, 11) is 0. The first-order valence-electron chi connectivity index (χ1n) is 9.92. The molecule has 25 heavy (non-hydrogen) atoms. The van der Waals surface area contributed by atoms with Gasteiger partial charge in [0.15, 0.2) is 11.5 Å². The Balaban J connectivity index is 1.21. The lowest BCUT2D eigenvalue weighted by Crippen LogP contribution is -2.44. The van der Waals surface area contributed by atoms with Crippen LogP contribution in [0.4, 0.5) is 5.69 Å². The van der Waals surface area contributed by atoms with E-state index in [0.717, 1.165) is 30.5 Å². The second-order valence-corrected chi connectivity index (χ2v) is 7.66. The number of benzene rings is 1. The number of fused-ring (bicyclic) bond motifs is 1. The molecule has 1 N–H and O–H groups in total. The first-order valence-corrected chi connectivity index (χ1v) is 9.92. The Morgan fingerprint density at radius 2 is 1.92 bits per heavy atom. The second-order valence-electron chi connectivity index (χ2n) is 7.66. The summed E-state index contributed by atoms with van der Waals surface area (Å²) in [5.41, 5.74) is 1.26. The van der Waals surface area contributed by atoms with Crippen molar-refractivity contribution < 1.29 is 9.47 Å².